The second kappa shape index (κ2) is 5.11. The first-order chi connectivity index (χ1) is 7.31. The number of rotatable bonds is 3. The Morgan fingerprint density at radius 1 is 1.13 bits per heavy atom. The lowest BCUT2D eigenvalue weighted by Crippen LogP contribution is -2.32. The summed E-state index contributed by atoms with van der Waals surface area (Å²) in [7, 11) is 1.62. The highest BCUT2D eigenvalue weighted by Gasteiger charge is 2.34. The van der Waals surface area contributed by atoms with E-state index in [9.17, 15) is 4.79 Å². The quantitative estimate of drug-likeness (QED) is 0.716. The van der Waals surface area contributed by atoms with Crippen molar-refractivity contribution in [2.75, 3.05) is 13.7 Å². The number of Topliss-reactive ketones (excluding diaryl/α,β-unsaturated/α-hetero) is 1. The van der Waals surface area contributed by atoms with Crippen LogP contribution >= 0.6 is 0 Å². The summed E-state index contributed by atoms with van der Waals surface area (Å²) in [4.78, 5) is 11.7. The fourth-order valence-electron chi connectivity index (χ4n) is 3.43. The molecule has 2 rings (SSSR count). The van der Waals surface area contributed by atoms with Crippen LogP contribution in [0.4, 0.5) is 0 Å². The van der Waals surface area contributed by atoms with Gasteiger partial charge in [-0.05, 0) is 31.1 Å². The van der Waals surface area contributed by atoms with E-state index in [1.165, 1.54) is 32.1 Å². The topological polar surface area (TPSA) is 26.3 Å². The fourth-order valence-corrected chi connectivity index (χ4v) is 3.43. The first-order valence-corrected chi connectivity index (χ1v) is 6.33. The van der Waals surface area contributed by atoms with Crippen LogP contribution in [0.5, 0.6) is 0 Å². The Labute approximate surface area is 92.4 Å². The molecule has 2 aliphatic rings. The molecule has 0 aromatic carbocycles. The predicted molar refractivity (Wildman–Crippen MR) is 59.7 cm³/mol. The lowest BCUT2D eigenvalue weighted by Gasteiger charge is -2.38. The summed E-state index contributed by atoms with van der Waals surface area (Å²) >= 11 is 0. The molecule has 0 N–H and O–H groups in total. The fraction of sp³-hybridized carbons (Fsp3) is 0.923. The number of carbonyl (C=O) groups excluding carboxylic acids is 1. The van der Waals surface area contributed by atoms with Crippen LogP contribution in [0.15, 0.2) is 0 Å². The zero-order chi connectivity index (χ0) is 10.7. The van der Waals surface area contributed by atoms with Crippen molar-refractivity contribution in [3.8, 4) is 0 Å². The molecule has 86 valence electrons. The molecule has 3 atom stereocenters. The second-order valence-electron chi connectivity index (χ2n) is 5.21. The molecule has 3 unspecified atom stereocenters. The molecule has 2 nitrogen and oxygen atoms in total. The number of methoxy groups -OCH3 is 1. The van der Waals surface area contributed by atoms with Gasteiger partial charge in [-0.2, -0.15) is 0 Å². The minimum Gasteiger partial charge on any atom is -0.377 e. The van der Waals surface area contributed by atoms with E-state index >= 15 is 0 Å². The molecule has 0 aromatic heterocycles. The Morgan fingerprint density at radius 2 is 1.87 bits per heavy atom. The van der Waals surface area contributed by atoms with Crippen LogP contribution in [0.3, 0.4) is 0 Å². The summed E-state index contributed by atoms with van der Waals surface area (Å²) in [6.07, 6.45) is 9.11. The highest BCUT2D eigenvalue weighted by molar-refractivity contribution is 5.82. The minimum absolute atomic E-state index is 0.310. The Bertz CT molecular complexity index is 225. The van der Waals surface area contributed by atoms with Gasteiger partial charge in [0.05, 0.1) is 0 Å². The molecule has 0 amide bonds. The first-order valence-electron chi connectivity index (χ1n) is 6.33. The van der Waals surface area contributed by atoms with Crippen LogP contribution in [0, 0.1) is 17.8 Å². The maximum Gasteiger partial charge on any atom is 0.161 e. The maximum atomic E-state index is 11.7. The maximum absolute atomic E-state index is 11.7. The van der Waals surface area contributed by atoms with Crippen molar-refractivity contribution < 1.29 is 9.53 Å². The third kappa shape index (κ3) is 2.60. The van der Waals surface area contributed by atoms with Crippen molar-refractivity contribution >= 4 is 5.78 Å². The van der Waals surface area contributed by atoms with Gasteiger partial charge >= 0.3 is 0 Å². The van der Waals surface area contributed by atoms with Crippen molar-refractivity contribution in [2.45, 2.75) is 44.9 Å². The summed E-state index contributed by atoms with van der Waals surface area (Å²) in [5.41, 5.74) is 0. The normalized spacial score (nSPS) is 35.9. The molecule has 2 aliphatic carbocycles. The Balaban J connectivity index is 1.87. The second-order valence-corrected chi connectivity index (χ2v) is 5.21. The third-order valence-corrected chi connectivity index (χ3v) is 4.28. The van der Waals surface area contributed by atoms with Gasteiger partial charge in [0.25, 0.3) is 0 Å². The molecule has 2 fully saturated rings. The van der Waals surface area contributed by atoms with Crippen molar-refractivity contribution in [1.29, 1.82) is 0 Å². The van der Waals surface area contributed by atoms with Gasteiger partial charge in [0.1, 0.15) is 6.61 Å². The van der Waals surface area contributed by atoms with E-state index < -0.39 is 0 Å². The van der Waals surface area contributed by atoms with Crippen LogP contribution < -0.4 is 0 Å². The van der Waals surface area contributed by atoms with E-state index in [0.717, 1.165) is 24.7 Å². The van der Waals surface area contributed by atoms with Crippen molar-refractivity contribution in [3.63, 3.8) is 0 Å². The first kappa shape index (κ1) is 11.1. The highest BCUT2D eigenvalue weighted by Crippen LogP contribution is 2.42. The Morgan fingerprint density at radius 3 is 2.60 bits per heavy atom. The molecule has 0 bridgehead atoms. The smallest absolute Gasteiger partial charge is 0.161 e. The molecule has 2 heteroatoms. The largest absolute Gasteiger partial charge is 0.377 e. The average molecular weight is 210 g/mol. The molecular weight excluding hydrogens is 188 g/mol. The molecule has 0 heterocycles. The van der Waals surface area contributed by atoms with E-state index in [1.807, 2.05) is 0 Å². The molecule has 0 spiro atoms. The molecule has 15 heavy (non-hydrogen) atoms. The SMILES string of the molecule is COCC(=O)C1CCC2CCCCC2C1. The van der Waals surface area contributed by atoms with E-state index in [1.54, 1.807) is 7.11 Å². The van der Waals surface area contributed by atoms with E-state index in [-0.39, 0.29) is 0 Å². The van der Waals surface area contributed by atoms with Gasteiger partial charge in [-0.3, -0.25) is 4.79 Å². The van der Waals surface area contributed by atoms with Crippen molar-refractivity contribution in [1.82, 2.24) is 0 Å². The lowest BCUT2D eigenvalue weighted by atomic mass is 9.67. The van der Waals surface area contributed by atoms with E-state index in [0.29, 0.717) is 18.3 Å². The zero-order valence-corrected chi connectivity index (χ0v) is 9.71. The van der Waals surface area contributed by atoms with E-state index in [2.05, 4.69) is 0 Å². The van der Waals surface area contributed by atoms with Crippen LogP contribution in [0.1, 0.15) is 44.9 Å². The zero-order valence-electron chi connectivity index (χ0n) is 9.71. The van der Waals surface area contributed by atoms with Crippen LogP contribution in [-0.4, -0.2) is 19.5 Å². The number of fused-ring (bicyclic) bond motifs is 1. The van der Waals surface area contributed by atoms with Gasteiger partial charge in [0.15, 0.2) is 5.78 Å². The van der Waals surface area contributed by atoms with Crippen LogP contribution in [0.25, 0.3) is 0 Å². The Hall–Kier alpha value is -0.370. The van der Waals surface area contributed by atoms with Crippen molar-refractivity contribution in [3.05, 3.63) is 0 Å². The molecule has 2 saturated carbocycles. The molecule has 0 saturated heterocycles. The highest BCUT2D eigenvalue weighted by atomic mass is 16.5. The summed E-state index contributed by atoms with van der Waals surface area (Å²) in [6.45, 7) is 0.321. The lowest BCUT2D eigenvalue weighted by molar-refractivity contribution is -0.128. The number of hydrogen-bond donors (Lipinski definition) is 0. The standard InChI is InChI=1S/C13H22O2/c1-15-9-13(14)12-7-6-10-4-2-3-5-11(10)8-12/h10-12H,2-9H2,1H3. The van der Waals surface area contributed by atoms with Gasteiger partial charge in [-0.25, -0.2) is 0 Å². The number of ether oxygens (including phenoxy) is 1. The summed E-state index contributed by atoms with van der Waals surface area (Å²) in [6, 6.07) is 0. The average Bonchev–Trinajstić information content (AvgIpc) is 2.29. The summed E-state index contributed by atoms with van der Waals surface area (Å²) < 4.78 is 4.94. The van der Waals surface area contributed by atoms with Crippen LogP contribution in [0.2, 0.25) is 0 Å². The predicted octanol–water partition coefficient (Wildman–Crippen LogP) is 2.81. The Kier molecular flexibility index (Phi) is 3.79. The van der Waals surface area contributed by atoms with E-state index in [4.69, 9.17) is 4.74 Å². The number of ketones is 1. The molecule has 0 aromatic rings. The summed E-state index contributed by atoms with van der Waals surface area (Å²) in [5, 5.41) is 0. The van der Waals surface area contributed by atoms with Gasteiger partial charge in [-0.1, -0.05) is 25.7 Å². The van der Waals surface area contributed by atoms with Crippen LogP contribution in [-0.2, 0) is 9.53 Å². The van der Waals surface area contributed by atoms with Crippen molar-refractivity contribution in [2.24, 2.45) is 17.8 Å². The summed E-state index contributed by atoms with van der Waals surface area (Å²) in [5.74, 6) is 2.43. The van der Waals surface area contributed by atoms with Gasteiger partial charge < -0.3 is 4.74 Å². The molecule has 0 radical (unpaired) electrons. The molecule has 0 aliphatic heterocycles. The minimum atomic E-state index is 0.310. The molecular formula is C13H22O2. The van der Waals surface area contributed by atoms with Gasteiger partial charge in [0.2, 0.25) is 0 Å². The van der Waals surface area contributed by atoms with Gasteiger partial charge in [-0.15, -0.1) is 0 Å². The number of carbonyl (C=O) groups is 1. The third-order valence-electron chi connectivity index (χ3n) is 4.28. The van der Waals surface area contributed by atoms with Gasteiger partial charge in [0, 0.05) is 13.0 Å². The number of hydrogen-bond acceptors (Lipinski definition) is 2. The monoisotopic (exact) mass is 210 g/mol.